The predicted octanol–water partition coefficient (Wildman–Crippen LogP) is 2.68. The Balaban J connectivity index is 2.47. The molecule has 0 fully saturated rings. The third kappa shape index (κ3) is 3.00. The third-order valence-corrected chi connectivity index (χ3v) is 2.37. The summed E-state index contributed by atoms with van der Waals surface area (Å²) in [5, 5.41) is 0. The average Bonchev–Trinajstić information content (AvgIpc) is 2.38. The van der Waals surface area contributed by atoms with Crippen molar-refractivity contribution in [2.24, 2.45) is 4.99 Å². The van der Waals surface area contributed by atoms with Crippen molar-refractivity contribution in [1.29, 1.82) is 0 Å². The number of aromatic nitrogens is 1. The molecular formula is C15H17N2+. The minimum Gasteiger partial charge on any atom is -0.203 e. The van der Waals surface area contributed by atoms with Crippen molar-refractivity contribution in [3.8, 4) is 0 Å². The molecule has 0 N–H and O–H groups in total. The topological polar surface area (TPSA) is 16.2 Å². The lowest BCUT2D eigenvalue weighted by molar-refractivity contribution is -0.554. The van der Waals surface area contributed by atoms with E-state index in [4.69, 9.17) is 4.99 Å². The highest BCUT2D eigenvalue weighted by Gasteiger charge is 2.15. The van der Waals surface area contributed by atoms with Gasteiger partial charge in [0, 0.05) is 0 Å². The Morgan fingerprint density at radius 2 is 1.53 bits per heavy atom. The molecule has 1 aromatic carbocycles. The van der Waals surface area contributed by atoms with Crippen LogP contribution in [0.3, 0.4) is 0 Å². The minimum atomic E-state index is 0.276. The fourth-order valence-corrected chi connectivity index (χ4v) is 1.66. The number of benzene rings is 1. The Bertz CT molecular complexity index is 445. The summed E-state index contributed by atoms with van der Waals surface area (Å²) in [5.74, 6) is 0.987. The first-order valence-corrected chi connectivity index (χ1v) is 5.87. The largest absolute Gasteiger partial charge is 0.329 e. The van der Waals surface area contributed by atoms with Gasteiger partial charge in [0.2, 0.25) is 0 Å². The highest BCUT2D eigenvalue weighted by atomic mass is 15.0. The van der Waals surface area contributed by atoms with Crippen LogP contribution in [0.15, 0.2) is 65.9 Å². The van der Waals surface area contributed by atoms with E-state index in [1.165, 1.54) is 0 Å². The fourth-order valence-electron chi connectivity index (χ4n) is 1.66. The monoisotopic (exact) mass is 225 g/mol. The number of hydrogen-bond acceptors (Lipinski definition) is 1. The molecule has 0 radical (unpaired) electrons. The summed E-state index contributed by atoms with van der Waals surface area (Å²) in [4.78, 5) is 4.70. The van der Waals surface area contributed by atoms with E-state index < -0.39 is 0 Å². The molecule has 0 atom stereocenters. The Morgan fingerprint density at radius 3 is 2.12 bits per heavy atom. The molecule has 2 nitrogen and oxygen atoms in total. The van der Waals surface area contributed by atoms with Crippen molar-refractivity contribution in [3.63, 3.8) is 0 Å². The molecule has 2 heteroatoms. The molecule has 1 aromatic heterocycles. The van der Waals surface area contributed by atoms with Gasteiger partial charge < -0.3 is 0 Å². The molecule has 2 aromatic rings. The zero-order chi connectivity index (χ0) is 12.1. The molecule has 0 saturated carbocycles. The van der Waals surface area contributed by atoms with Gasteiger partial charge in [0.1, 0.15) is 6.04 Å². The van der Waals surface area contributed by atoms with E-state index in [0.717, 1.165) is 11.4 Å². The van der Waals surface area contributed by atoms with Crippen LogP contribution in [0.5, 0.6) is 0 Å². The first-order chi connectivity index (χ1) is 8.27. The molecule has 0 unspecified atom stereocenters. The molecule has 86 valence electrons. The Morgan fingerprint density at radius 1 is 0.941 bits per heavy atom. The molecule has 0 saturated heterocycles. The van der Waals surface area contributed by atoms with Crippen LogP contribution in [0.4, 0.5) is 0 Å². The van der Waals surface area contributed by atoms with E-state index in [2.05, 4.69) is 30.5 Å². The van der Waals surface area contributed by atoms with E-state index in [9.17, 15) is 0 Å². The molecule has 0 aliphatic rings. The zero-order valence-electron chi connectivity index (χ0n) is 10.2. The second-order valence-corrected chi connectivity index (χ2v) is 4.20. The van der Waals surface area contributed by atoms with Crippen molar-refractivity contribution in [2.75, 3.05) is 0 Å². The second kappa shape index (κ2) is 5.39. The van der Waals surface area contributed by atoms with Gasteiger partial charge in [-0.05, 0) is 38.1 Å². The summed E-state index contributed by atoms with van der Waals surface area (Å²) in [6.07, 6.45) is 4.04. The van der Waals surface area contributed by atoms with E-state index in [1.807, 2.05) is 48.8 Å². The Hall–Kier alpha value is -1.96. The van der Waals surface area contributed by atoms with Crippen molar-refractivity contribution in [2.45, 2.75) is 19.9 Å². The predicted molar refractivity (Wildman–Crippen MR) is 70.2 cm³/mol. The Kier molecular flexibility index (Phi) is 3.66. The number of hydrogen-bond donors (Lipinski definition) is 0. The van der Waals surface area contributed by atoms with Gasteiger partial charge in [-0.15, -0.1) is 0 Å². The van der Waals surface area contributed by atoms with Crippen LogP contribution in [-0.2, 0) is 0 Å². The normalized spacial score (nSPS) is 11.8. The molecular weight excluding hydrogens is 208 g/mol. The van der Waals surface area contributed by atoms with Crippen LogP contribution in [-0.4, -0.2) is 11.9 Å². The van der Waals surface area contributed by atoms with Crippen LogP contribution in [0.1, 0.15) is 19.4 Å². The summed E-state index contributed by atoms with van der Waals surface area (Å²) in [7, 11) is 0. The number of rotatable bonds is 2. The Labute approximate surface area is 102 Å². The highest BCUT2D eigenvalue weighted by Crippen LogP contribution is 2.01. The molecule has 2 rings (SSSR count). The van der Waals surface area contributed by atoms with Crippen molar-refractivity contribution < 1.29 is 4.57 Å². The van der Waals surface area contributed by atoms with Crippen LogP contribution in [0.2, 0.25) is 0 Å². The summed E-state index contributed by atoms with van der Waals surface area (Å²) in [5.41, 5.74) is 1.14. The number of nitrogens with zero attached hydrogens (tertiary/aromatic N) is 2. The maximum Gasteiger partial charge on any atom is 0.329 e. The standard InChI is InChI=1S/C15H17N2/c1-13(2)16-15(14-9-5-3-6-10-14)17-11-7-4-8-12-17/h3-13H,1-2H3/q+1. The lowest BCUT2D eigenvalue weighted by Gasteiger charge is -2.02. The zero-order valence-corrected chi connectivity index (χ0v) is 10.2. The van der Waals surface area contributed by atoms with Crippen molar-refractivity contribution >= 4 is 5.84 Å². The molecule has 1 heterocycles. The first-order valence-electron chi connectivity index (χ1n) is 5.87. The molecule has 0 aliphatic heterocycles. The summed E-state index contributed by atoms with van der Waals surface area (Å²) in [6.45, 7) is 4.18. The lowest BCUT2D eigenvalue weighted by atomic mass is 10.2. The van der Waals surface area contributed by atoms with Crippen LogP contribution in [0.25, 0.3) is 0 Å². The SMILES string of the molecule is CC(C)N=C(c1ccccc1)[n+]1ccccc1. The third-order valence-electron chi connectivity index (χ3n) is 2.37. The molecule has 0 amide bonds. The van der Waals surface area contributed by atoms with Crippen LogP contribution < -0.4 is 4.57 Å². The van der Waals surface area contributed by atoms with Gasteiger partial charge in [-0.25, -0.2) is 4.57 Å². The van der Waals surface area contributed by atoms with Gasteiger partial charge in [0.05, 0.1) is 18.0 Å². The molecule has 0 bridgehead atoms. The fraction of sp³-hybridized carbons (Fsp3) is 0.200. The van der Waals surface area contributed by atoms with Crippen LogP contribution in [0, 0.1) is 0 Å². The minimum absolute atomic E-state index is 0.276. The number of aliphatic imine (C=N–C) groups is 1. The van der Waals surface area contributed by atoms with Gasteiger partial charge in [-0.3, -0.25) is 0 Å². The van der Waals surface area contributed by atoms with Gasteiger partial charge in [-0.2, -0.15) is 0 Å². The van der Waals surface area contributed by atoms with Crippen molar-refractivity contribution in [1.82, 2.24) is 0 Å². The van der Waals surface area contributed by atoms with Gasteiger partial charge in [0.25, 0.3) is 0 Å². The van der Waals surface area contributed by atoms with Gasteiger partial charge >= 0.3 is 5.84 Å². The van der Waals surface area contributed by atoms with Gasteiger partial charge in [-0.1, -0.05) is 29.3 Å². The maximum atomic E-state index is 4.70. The second-order valence-electron chi connectivity index (χ2n) is 4.20. The molecule has 0 spiro atoms. The summed E-state index contributed by atoms with van der Waals surface area (Å²) < 4.78 is 2.05. The molecule has 0 aliphatic carbocycles. The summed E-state index contributed by atoms with van der Waals surface area (Å²) in [6, 6.07) is 16.6. The quantitative estimate of drug-likeness (QED) is 0.424. The van der Waals surface area contributed by atoms with E-state index in [1.54, 1.807) is 0 Å². The van der Waals surface area contributed by atoms with E-state index in [0.29, 0.717) is 0 Å². The molecule has 17 heavy (non-hydrogen) atoms. The lowest BCUT2D eigenvalue weighted by Crippen LogP contribution is -2.43. The van der Waals surface area contributed by atoms with Gasteiger partial charge in [0.15, 0.2) is 0 Å². The van der Waals surface area contributed by atoms with Crippen LogP contribution >= 0.6 is 0 Å². The average molecular weight is 225 g/mol. The van der Waals surface area contributed by atoms with Crippen molar-refractivity contribution in [3.05, 3.63) is 66.5 Å². The number of pyridine rings is 1. The first kappa shape index (κ1) is 11.5. The van der Waals surface area contributed by atoms with E-state index in [-0.39, 0.29) is 6.04 Å². The highest BCUT2D eigenvalue weighted by molar-refractivity contribution is 5.91. The van der Waals surface area contributed by atoms with E-state index >= 15 is 0 Å². The maximum absolute atomic E-state index is 4.70. The smallest absolute Gasteiger partial charge is 0.203 e. The summed E-state index contributed by atoms with van der Waals surface area (Å²) >= 11 is 0.